The first-order valence-electron chi connectivity index (χ1n) is 8.01. The van der Waals surface area contributed by atoms with E-state index in [1.165, 1.54) is 23.5 Å². The van der Waals surface area contributed by atoms with Crippen molar-refractivity contribution in [3.63, 3.8) is 0 Å². The van der Waals surface area contributed by atoms with Crippen molar-refractivity contribution >= 4 is 52.0 Å². The Morgan fingerprint density at radius 3 is 2.71 bits per heavy atom. The van der Waals surface area contributed by atoms with E-state index < -0.39 is 36.3 Å². The molecule has 0 aliphatic carbocycles. The van der Waals surface area contributed by atoms with E-state index in [1.807, 2.05) is 0 Å². The Morgan fingerprint density at radius 2 is 2.07 bits per heavy atom. The Labute approximate surface area is 169 Å². The lowest BCUT2D eigenvalue weighted by Crippen LogP contribution is -2.31. The molecule has 0 spiro atoms. The van der Waals surface area contributed by atoms with Crippen LogP contribution in [0.4, 0.5) is 14.5 Å². The average molecular weight is 442 g/mol. The summed E-state index contributed by atoms with van der Waals surface area (Å²) >= 11 is 7.32. The third-order valence-electron chi connectivity index (χ3n) is 4.18. The molecule has 0 bridgehead atoms. The molecule has 146 valence electrons. The van der Waals surface area contributed by atoms with Gasteiger partial charge in [0.05, 0.1) is 5.69 Å². The van der Waals surface area contributed by atoms with Crippen LogP contribution in [0.1, 0.15) is 11.2 Å². The van der Waals surface area contributed by atoms with Crippen molar-refractivity contribution in [1.29, 1.82) is 0 Å². The van der Waals surface area contributed by atoms with Crippen molar-refractivity contribution in [2.24, 2.45) is 0 Å². The van der Waals surface area contributed by atoms with Gasteiger partial charge in [-0.2, -0.15) is 0 Å². The Morgan fingerprint density at radius 1 is 1.36 bits per heavy atom. The molecule has 2 atom stereocenters. The Kier molecular flexibility index (Phi) is 5.73. The fraction of sp³-hybridized carbons (Fsp3) is 0.105. The van der Waals surface area contributed by atoms with Gasteiger partial charge in [0.2, 0.25) is 13.3 Å². The summed E-state index contributed by atoms with van der Waals surface area (Å²) in [5, 5.41) is 2.55. The fourth-order valence-corrected chi connectivity index (χ4v) is 5.45. The number of carbonyl (C=O) groups is 1. The number of nitrogens with zero attached hydrogens (tertiary/aromatic N) is 1. The molecule has 1 aromatic heterocycles. The van der Waals surface area contributed by atoms with Crippen LogP contribution in [0.2, 0.25) is 5.02 Å². The predicted molar refractivity (Wildman–Crippen MR) is 109 cm³/mol. The van der Waals surface area contributed by atoms with Crippen LogP contribution in [0.25, 0.3) is 10.1 Å². The monoisotopic (exact) mass is 441 g/mol. The summed E-state index contributed by atoms with van der Waals surface area (Å²) < 4.78 is 41.3. The Hall–Kier alpha value is -2.05. The van der Waals surface area contributed by atoms with Gasteiger partial charge in [-0.1, -0.05) is 24.2 Å². The number of carbonyl (C=O) groups excluding carboxylic acids is 1. The van der Waals surface area contributed by atoms with Crippen LogP contribution in [-0.2, 0) is 9.36 Å². The highest BCUT2D eigenvalue weighted by Gasteiger charge is 2.39. The molecule has 2 aromatic carbocycles. The van der Waals surface area contributed by atoms with E-state index >= 15 is 0 Å². The first-order valence-corrected chi connectivity index (χ1v) is 11.4. The van der Waals surface area contributed by atoms with Gasteiger partial charge >= 0.3 is 0 Å². The zero-order valence-corrected chi connectivity index (χ0v) is 17.1. The summed E-state index contributed by atoms with van der Waals surface area (Å²) in [6.07, 6.45) is 0.990. The predicted octanol–water partition coefficient (Wildman–Crippen LogP) is 5.95. The third kappa shape index (κ3) is 3.76. The lowest BCUT2D eigenvalue weighted by Gasteiger charge is -2.26. The van der Waals surface area contributed by atoms with E-state index in [2.05, 4.69) is 6.58 Å². The summed E-state index contributed by atoms with van der Waals surface area (Å²) in [5.41, 5.74) is -1.60. The molecule has 0 saturated carbocycles. The molecule has 0 saturated heterocycles. The molecule has 0 fully saturated rings. The molecule has 1 amide bonds. The van der Waals surface area contributed by atoms with Crippen LogP contribution in [0.5, 0.6) is 0 Å². The lowest BCUT2D eigenvalue weighted by molar-refractivity contribution is -0.117. The SMILES string of the molecule is C=CN(C(=O)C(c1csc2ccc(Cl)cc12)P(C)(=O)O)c1cccc(F)c1F. The third-order valence-corrected chi connectivity index (χ3v) is 6.86. The van der Waals surface area contributed by atoms with Crippen LogP contribution < -0.4 is 4.90 Å². The highest BCUT2D eigenvalue weighted by Crippen LogP contribution is 2.55. The second-order valence-corrected chi connectivity index (χ2v) is 9.89. The molecule has 3 rings (SSSR count). The average Bonchev–Trinajstić information content (AvgIpc) is 3.01. The zero-order chi connectivity index (χ0) is 20.6. The molecule has 2 unspecified atom stereocenters. The molecular formula is C19H15ClF2NO3PS. The summed E-state index contributed by atoms with van der Waals surface area (Å²) in [4.78, 5) is 24.3. The van der Waals surface area contributed by atoms with Gasteiger partial charge in [-0.05, 0) is 46.7 Å². The second-order valence-electron chi connectivity index (χ2n) is 6.14. The van der Waals surface area contributed by atoms with Crippen molar-refractivity contribution in [3.05, 3.63) is 76.8 Å². The Balaban J connectivity index is 2.17. The molecule has 3 aromatic rings. The quantitative estimate of drug-likeness (QED) is 0.498. The van der Waals surface area contributed by atoms with Gasteiger partial charge in [-0.25, -0.2) is 8.78 Å². The van der Waals surface area contributed by atoms with E-state index in [9.17, 15) is 23.0 Å². The van der Waals surface area contributed by atoms with Crippen molar-refractivity contribution < 1.29 is 23.0 Å². The smallest absolute Gasteiger partial charge is 0.248 e. The van der Waals surface area contributed by atoms with E-state index in [-0.39, 0.29) is 0 Å². The van der Waals surface area contributed by atoms with Gasteiger partial charge < -0.3 is 4.89 Å². The number of rotatable bonds is 5. The summed E-state index contributed by atoms with van der Waals surface area (Å²) in [6, 6.07) is 8.34. The summed E-state index contributed by atoms with van der Waals surface area (Å²) in [7, 11) is -4.05. The molecule has 4 nitrogen and oxygen atoms in total. The highest BCUT2D eigenvalue weighted by molar-refractivity contribution is 7.58. The van der Waals surface area contributed by atoms with Gasteiger partial charge in [-0.3, -0.25) is 14.3 Å². The molecule has 0 aliphatic rings. The minimum atomic E-state index is -4.05. The van der Waals surface area contributed by atoms with Crippen LogP contribution in [0.3, 0.4) is 0 Å². The molecule has 0 aliphatic heterocycles. The number of thiophene rings is 1. The minimum absolute atomic E-state index is 0.296. The fourth-order valence-electron chi connectivity index (χ4n) is 2.95. The minimum Gasteiger partial charge on any atom is -0.344 e. The van der Waals surface area contributed by atoms with Gasteiger partial charge in [0.15, 0.2) is 11.6 Å². The van der Waals surface area contributed by atoms with Crippen molar-refractivity contribution in [1.82, 2.24) is 0 Å². The largest absolute Gasteiger partial charge is 0.344 e. The van der Waals surface area contributed by atoms with Crippen molar-refractivity contribution in [2.45, 2.75) is 5.66 Å². The number of halogens is 3. The van der Waals surface area contributed by atoms with E-state index in [1.54, 1.807) is 23.6 Å². The number of hydrogen-bond donors (Lipinski definition) is 1. The standard InChI is InChI=1S/C19H15ClF2NO3PS/c1-3-23(15-6-4-5-14(21)17(15)22)19(24)18(27(2,25)26)13-10-28-16-8-7-11(20)9-12(13)16/h3-10,18H,1H2,2H3,(H,25,26). The van der Waals surface area contributed by atoms with Gasteiger partial charge in [0.25, 0.3) is 0 Å². The van der Waals surface area contributed by atoms with Gasteiger partial charge in [0.1, 0.15) is 5.66 Å². The first-order chi connectivity index (χ1) is 13.1. The van der Waals surface area contributed by atoms with E-state index in [0.717, 1.165) is 28.5 Å². The number of benzene rings is 2. The maximum Gasteiger partial charge on any atom is 0.248 e. The van der Waals surface area contributed by atoms with Crippen molar-refractivity contribution in [2.75, 3.05) is 11.6 Å². The topological polar surface area (TPSA) is 57.6 Å². The summed E-state index contributed by atoms with van der Waals surface area (Å²) in [5.74, 6) is -3.30. The Bertz CT molecular complexity index is 1130. The van der Waals surface area contributed by atoms with E-state index in [4.69, 9.17) is 11.6 Å². The molecule has 1 heterocycles. The second kappa shape index (κ2) is 7.76. The maximum atomic E-state index is 14.2. The summed E-state index contributed by atoms with van der Waals surface area (Å²) in [6.45, 7) is 4.53. The number of amides is 1. The molecule has 28 heavy (non-hydrogen) atoms. The van der Waals surface area contributed by atoms with Crippen LogP contribution in [-0.4, -0.2) is 17.5 Å². The number of hydrogen-bond acceptors (Lipinski definition) is 3. The number of fused-ring (bicyclic) bond motifs is 1. The van der Waals surface area contributed by atoms with Gasteiger partial charge in [-0.15, -0.1) is 11.3 Å². The molecule has 9 heteroatoms. The molecule has 0 radical (unpaired) electrons. The van der Waals surface area contributed by atoms with Gasteiger partial charge in [0, 0.05) is 22.6 Å². The molecule has 1 N–H and O–H groups in total. The van der Waals surface area contributed by atoms with Crippen LogP contribution >= 0.6 is 30.3 Å². The highest BCUT2D eigenvalue weighted by atomic mass is 35.5. The van der Waals surface area contributed by atoms with Crippen LogP contribution in [0.15, 0.2) is 54.6 Å². The van der Waals surface area contributed by atoms with Crippen LogP contribution in [0, 0.1) is 11.6 Å². The normalized spacial score (nSPS) is 14.5. The lowest BCUT2D eigenvalue weighted by atomic mass is 10.1. The first kappa shape index (κ1) is 20.7. The van der Waals surface area contributed by atoms with Crippen molar-refractivity contribution in [3.8, 4) is 0 Å². The molecular weight excluding hydrogens is 427 g/mol. The van der Waals surface area contributed by atoms with E-state index in [0.29, 0.717) is 16.0 Å². The maximum absolute atomic E-state index is 14.2. The number of anilines is 1. The zero-order valence-electron chi connectivity index (χ0n) is 14.6.